The highest BCUT2D eigenvalue weighted by Crippen LogP contribution is 2.25. The number of carbonyl (C=O) groups excluding carboxylic acids is 3. The second-order valence-electron chi connectivity index (χ2n) is 6.29. The minimum atomic E-state index is -0.542. The summed E-state index contributed by atoms with van der Waals surface area (Å²) in [5.74, 6) is -0.794. The first-order valence-corrected chi connectivity index (χ1v) is 8.68. The molecule has 0 aliphatic heterocycles. The van der Waals surface area contributed by atoms with Crippen LogP contribution >= 0.6 is 0 Å². The van der Waals surface area contributed by atoms with E-state index in [0.717, 1.165) is 25.7 Å². The third-order valence-corrected chi connectivity index (χ3v) is 4.43. The zero-order valence-electron chi connectivity index (χ0n) is 14.3. The molecule has 136 valence electrons. The van der Waals surface area contributed by atoms with Crippen LogP contribution in [-0.4, -0.2) is 17.7 Å². The molecule has 0 spiro atoms. The SMILES string of the molecule is O=C(NNC(=O)c1ccco1)c1ccc(NC(=O)C2CCCCC2)cc1. The summed E-state index contributed by atoms with van der Waals surface area (Å²) in [5.41, 5.74) is 5.60. The number of rotatable bonds is 4. The van der Waals surface area contributed by atoms with Crippen LogP contribution in [0.3, 0.4) is 0 Å². The van der Waals surface area contributed by atoms with Gasteiger partial charge in [0.05, 0.1) is 6.26 Å². The summed E-state index contributed by atoms with van der Waals surface area (Å²) in [7, 11) is 0. The fourth-order valence-corrected chi connectivity index (χ4v) is 2.97. The van der Waals surface area contributed by atoms with Crippen molar-refractivity contribution < 1.29 is 18.8 Å². The highest BCUT2D eigenvalue weighted by molar-refractivity contribution is 5.98. The smallest absolute Gasteiger partial charge is 0.305 e. The van der Waals surface area contributed by atoms with Crippen molar-refractivity contribution in [3.8, 4) is 0 Å². The van der Waals surface area contributed by atoms with Crippen LogP contribution in [0, 0.1) is 5.92 Å². The van der Waals surface area contributed by atoms with Crippen LogP contribution in [0.15, 0.2) is 47.1 Å². The van der Waals surface area contributed by atoms with Crippen molar-refractivity contribution in [3.63, 3.8) is 0 Å². The first-order chi connectivity index (χ1) is 12.6. The summed E-state index contributed by atoms with van der Waals surface area (Å²) < 4.78 is 4.93. The quantitative estimate of drug-likeness (QED) is 0.734. The number of nitrogens with one attached hydrogen (secondary N) is 3. The number of hydrazine groups is 1. The van der Waals surface area contributed by atoms with E-state index in [0.29, 0.717) is 11.3 Å². The number of anilines is 1. The zero-order valence-corrected chi connectivity index (χ0v) is 14.3. The lowest BCUT2D eigenvalue weighted by molar-refractivity contribution is -0.120. The average Bonchev–Trinajstić information content (AvgIpc) is 3.22. The Morgan fingerprint density at radius 2 is 1.58 bits per heavy atom. The Kier molecular flexibility index (Phi) is 5.68. The number of carbonyl (C=O) groups is 3. The molecule has 0 unspecified atom stereocenters. The Morgan fingerprint density at radius 3 is 2.23 bits per heavy atom. The van der Waals surface area contributed by atoms with Crippen LogP contribution in [0.25, 0.3) is 0 Å². The van der Waals surface area contributed by atoms with Gasteiger partial charge in [-0.25, -0.2) is 0 Å². The molecule has 0 bridgehead atoms. The molecule has 7 nitrogen and oxygen atoms in total. The van der Waals surface area contributed by atoms with Gasteiger partial charge >= 0.3 is 5.91 Å². The zero-order chi connectivity index (χ0) is 18.4. The summed E-state index contributed by atoms with van der Waals surface area (Å²) in [5, 5.41) is 2.89. The van der Waals surface area contributed by atoms with Crippen LogP contribution in [0.5, 0.6) is 0 Å². The van der Waals surface area contributed by atoms with E-state index in [9.17, 15) is 14.4 Å². The van der Waals surface area contributed by atoms with Crippen molar-refractivity contribution in [1.29, 1.82) is 0 Å². The van der Waals surface area contributed by atoms with Gasteiger partial charge in [-0.3, -0.25) is 25.2 Å². The lowest BCUT2D eigenvalue weighted by Crippen LogP contribution is -2.41. The lowest BCUT2D eigenvalue weighted by Gasteiger charge is -2.20. The maximum Gasteiger partial charge on any atom is 0.305 e. The maximum absolute atomic E-state index is 12.2. The topological polar surface area (TPSA) is 100 Å². The summed E-state index contributed by atoms with van der Waals surface area (Å²) in [6.07, 6.45) is 6.63. The Balaban J connectivity index is 1.51. The predicted octanol–water partition coefficient (Wildman–Crippen LogP) is 2.87. The summed E-state index contributed by atoms with van der Waals surface area (Å²) >= 11 is 0. The van der Waals surface area contributed by atoms with Crippen LogP contribution in [0.2, 0.25) is 0 Å². The summed E-state index contributed by atoms with van der Waals surface area (Å²) in [6, 6.07) is 9.59. The number of benzene rings is 1. The van der Waals surface area contributed by atoms with Gasteiger partial charge in [0.2, 0.25) is 5.91 Å². The van der Waals surface area contributed by atoms with E-state index in [-0.39, 0.29) is 17.6 Å². The molecule has 1 aromatic heterocycles. The molecule has 3 N–H and O–H groups in total. The molecule has 1 heterocycles. The fourth-order valence-electron chi connectivity index (χ4n) is 2.97. The van der Waals surface area contributed by atoms with E-state index >= 15 is 0 Å². The van der Waals surface area contributed by atoms with Gasteiger partial charge in [-0.2, -0.15) is 0 Å². The van der Waals surface area contributed by atoms with E-state index in [4.69, 9.17) is 4.42 Å². The number of furan rings is 1. The van der Waals surface area contributed by atoms with E-state index in [2.05, 4.69) is 16.2 Å². The first-order valence-electron chi connectivity index (χ1n) is 8.68. The molecule has 1 saturated carbocycles. The molecule has 3 rings (SSSR count). The average molecular weight is 355 g/mol. The molecule has 1 fully saturated rings. The largest absolute Gasteiger partial charge is 0.459 e. The van der Waals surface area contributed by atoms with E-state index in [1.165, 1.54) is 18.8 Å². The molecule has 1 aliphatic rings. The Morgan fingerprint density at radius 1 is 0.885 bits per heavy atom. The molecule has 1 aromatic carbocycles. The lowest BCUT2D eigenvalue weighted by atomic mass is 9.88. The molecule has 7 heteroatoms. The van der Waals surface area contributed by atoms with Crippen molar-refractivity contribution >= 4 is 23.4 Å². The maximum atomic E-state index is 12.2. The van der Waals surface area contributed by atoms with Crippen molar-refractivity contribution in [2.75, 3.05) is 5.32 Å². The molecule has 0 radical (unpaired) electrons. The van der Waals surface area contributed by atoms with Gasteiger partial charge in [-0.1, -0.05) is 19.3 Å². The number of hydrogen-bond acceptors (Lipinski definition) is 4. The fraction of sp³-hybridized carbons (Fsp3) is 0.316. The van der Waals surface area contributed by atoms with Crippen molar-refractivity contribution in [1.82, 2.24) is 10.9 Å². The molecule has 1 aliphatic carbocycles. The van der Waals surface area contributed by atoms with Gasteiger partial charge < -0.3 is 9.73 Å². The van der Waals surface area contributed by atoms with Crippen LogP contribution in [0.1, 0.15) is 53.0 Å². The molecule has 3 amide bonds. The highest BCUT2D eigenvalue weighted by atomic mass is 16.3. The first kappa shape index (κ1) is 17.7. The minimum absolute atomic E-state index is 0.0348. The molecule has 26 heavy (non-hydrogen) atoms. The summed E-state index contributed by atoms with van der Waals surface area (Å²) in [4.78, 5) is 36.0. The molecule has 0 saturated heterocycles. The molecular formula is C19H21N3O4. The minimum Gasteiger partial charge on any atom is -0.459 e. The molecular weight excluding hydrogens is 334 g/mol. The predicted molar refractivity (Wildman–Crippen MR) is 95.3 cm³/mol. The van der Waals surface area contributed by atoms with E-state index < -0.39 is 11.8 Å². The van der Waals surface area contributed by atoms with Crippen molar-refractivity contribution in [2.24, 2.45) is 5.92 Å². The monoisotopic (exact) mass is 355 g/mol. The van der Waals surface area contributed by atoms with Crippen molar-refractivity contribution in [2.45, 2.75) is 32.1 Å². The Labute approximate surface area is 151 Å². The second kappa shape index (κ2) is 8.33. The Hall–Kier alpha value is -3.09. The van der Waals surface area contributed by atoms with Crippen LogP contribution in [0.4, 0.5) is 5.69 Å². The van der Waals surface area contributed by atoms with Crippen LogP contribution < -0.4 is 16.2 Å². The Bertz CT molecular complexity index is 763. The van der Waals surface area contributed by atoms with Gasteiger partial charge in [0.15, 0.2) is 5.76 Å². The third kappa shape index (κ3) is 4.50. The van der Waals surface area contributed by atoms with Gasteiger partial charge in [0.25, 0.3) is 5.91 Å². The number of hydrogen-bond donors (Lipinski definition) is 3. The molecule has 2 aromatic rings. The third-order valence-electron chi connectivity index (χ3n) is 4.43. The highest BCUT2D eigenvalue weighted by Gasteiger charge is 2.21. The normalized spacial score (nSPS) is 14.5. The van der Waals surface area contributed by atoms with Crippen molar-refractivity contribution in [3.05, 3.63) is 54.0 Å². The molecule has 0 atom stereocenters. The van der Waals surface area contributed by atoms with Gasteiger partial charge in [0, 0.05) is 17.2 Å². The second-order valence-corrected chi connectivity index (χ2v) is 6.29. The van der Waals surface area contributed by atoms with E-state index in [1.54, 1.807) is 30.3 Å². The number of amides is 3. The van der Waals surface area contributed by atoms with Gasteiger partial charge in [-0.05, 0) is 49.2 Å². The standard InChI is InChI=1S/C19H21N3O4/c23-17(13-5-2-1-3-6-13)20-15-10-8-14(9-11-15)18(24)21-22-19(25)16-7-4-12-26-16/h4,7-13H,1-3,5-6H2,(H,20,23)(H,21,24)(H,22,25). The van der Waals surface area contributed by atoms with Crippen LogP contribution in [-0.2, 0) is 4.79 Å². The van der Waals surface area contributed by atoms with Gasteiger partial charge in [0.1, 0.15) is 0 Å². The van der Waals surface area contributed by atoms with Gasteiger partial charge in [-0.15, -0.1) is 0 Å². The van der Waals surface area contributed by atoms with E-state index in [1.807, 2.05) is 0 Å². The summed E-state index contributed by atoms with van der Waals surface area (Å²) in [6.45, 7) is 0.